The zero-order chi connectivity index (χ0) is 12.1. The highest BCUT2D eigenvalue weighted by molar-refractivity contribution is 5.52. The van der Waals surface area contributed by atoms with E-state index in [9.17, 15) is 5.11 Å². The second kappa shape index (κ2) is 5.55. The summed E-state index contributed by atoms with van der Waals surface area (Å²) in [6, 6.07) is 3.75. The molecule has 0 saturated carbocycles. The van der Waals surface area contributed by atoms with Gasteiger partial charge in [-0.1, -0.05) is 12.0 Å². The van der Waals surface area contributed by atoms with E-state index >= 15 is 0 Å². The first-order valence-corrected chi connectivity index (χ1v) is 5.05. The number of terminal acetylenes is 1. The van der Waals surface area contributed by atoms with Crippen LogP contribution in [0.3, 0.4) is 0 Å². The Labute approximate surface area is 95.7 Å². The summed E-state index contributed by atoms with van der Waals surface area (Å²) in [5.74, 6) is 3.18. The van der Waals surface area contributed by atoms with E-state index in [0.717, 1.165) is 11.1 Å². The Morgan fingerprint density at radius 3 is 2.69 bits per heavy atom. The van der Waals surface area contributed by atoms with Crippen LogP contribution in [0.2, 0.25) is 0 Å². The van der Waals surface area contributed by atoms with Crippen molar-refractivity contribution in [3.05, 3.63) is 28.8 Å². The molecule has 1 aromatic rings. The molecule has 1 rings (SSSR count). The number of aliphatic hydroxyl groups is 2. The number of benzene rings is 1. The van der Waals surface area contributed by atoms with Gasteiger partial charge in [-0.3, -0.25) is 0 Å². The molecule has 1 unspecified atom stereocenters. The zero-order valence-corrected chi connectivity index (χ0v) is 9.53. The van der Waals surface area contributed by atoms with Crippen molar-refractivity contribution < 1.29 is 14.9 Å². The highest BCUT2D eigenvalue weighted by Gasteiger charge is 2.12. The summed E-state index contributed by atoms with van der Waals surface area (Å²) >= 11 is 0. The second-order valence-electron chi connectivity index (χ2n) is 3.69. The van der Waals surface area contributed by atoms with Gasteiger partial charge < -0.3 is 14.9 Å². The Balaban J connectivity index is 3.16. The van der Waals surface area contributed by atoms with E-state index in [-0.39, 0.29) is 6.61 Å². The lowest BCUT2D eigenvalue weighted by Crippen LogP contribution is -2.16. The average Bonchev–Trinajstić information content (AvgIpc) is 2.28. The molecule has 0 aliphatic carbocycles. The monoisotopic (exact) mass is 220 g/mol. The van der Waals surface area contributed by atoms with Gasteiger partial charge in [0.2, 0.25) is 0 Å². The van der Waals surface area contributed by atoms with Gasteiger partial charge >= 0.3 is 0 Å². The highest BCUT2D eigenvalue weighted by atomic mass is 16.5. The Morgan fingerprint density at radius 1 is 1.50 bits per heavy atom. The van der Waals surface area contributed by atoms with Gasteiger partial charge in [0.25, 0.3) is 0 Å². The Hall–Kier alpha value is -1.50. The summed E-state index contributed by atoms with van der Waals surface area (Å²) in [6.07, 6.45) is 4.95. The molecule has 0 heterocycles. The standard InChI is InChI=1S/C13H16O3/c1-4-12-10(7-11(15)8-14)5-9(2)6-13(12)16-3/h1,5-6,11,14-15H,7-8H2,2-3H3. The van der Waals surface area contributed by atoms with Gasteiger partial charge in [0.05, 0.1) is 25.4 Å². The van der Waals surface area contributed by atoms with Crippen LogP contribution in [0.4, 0.5) is 0 Å². The van der Waals surface area contributed by atoms with Gasteiger partial charge in [0, 0.05) is 6.42 Å². The Bertz CT molecular complexity index is 404. The first kappa shape index (κ1) is 12.6. The number of methoxy groups -OCH3 is 1. The lowest BCUT2D eigenvalue weighted by Gasteiger charge is -2.13. The number of hydrogen-bond acceptors (Lipinski definition) is 3. The molecular formula is C13H16O3. The molecule has 0 fully saturated rings. The fourth-order valence-electron chi connectivity index (χ4n) is 1.63. The molecule has 0 radical (unpaired) electrons. The Morgan fingerprint density at radius 2 is 2.19 bits per heavy atom. The largest absolute Gasteiger partial charge is 0.495 e. The minimum absolute atomic E-state index is 0.278. The summed E-state index contributed by atoms with van der Waals surface area (Å²) in [5.41, 5.74) is 2.47. The fraction of sp³-hybridized carbons (Fsp3) is 0.385. The van der Waals surface area contributed by atoms with Crippen LogP contribution < -0.4 is 4.74 Å². The van der Waals surface area contributed by atoms with Crippen LogP contribution in [-0.4, -0.2) is 30.0 Å². The predicted octanol–water partition coefficient (Wildman–Crippen LogP) is 0.881. The molecule has 3 nitrogen and oxygen atoms in total. The minimum atomic E-state index is -0.793. The van der Waals surface area contributed by atoms with Crippen molar-refractivity contribution in [1.29, 1.82) is 0 Å². The third-order valence-corrected chi connectivity index (χ3v) is 2.36. The average molecular weight is 220 g/mol. The van der Waals surface area contributed by atoms with Crippen LogP contribution in [0.25, 0.3) is 0 Å². The van der Waals surface area contributed by atoms with Crippen molar-refractivity contribution in [2.24, 2.45) is 0 Å². The molecule has 0 aliphatic rings. The summed E-state index contributed by atoms with van der Waals surface area (Å²) in [6.45, 7) is 1.65. The molecule has 1 atom stereocenters. The number of hydrogen-bond donors (Lipinski definition) is 2. The maximum atomic E-state index is 9.43. The lowest BCUT2D eigenvalue weighted by molar-refractivity contribution is 0.0954. The highest BCUT2D eigenvalue weighted by Crippen LogP contribution is 2.24. The van der Waals surface area contributed by atoms with Crippen LogP contribution in [0.15, 0.2) is 12.1 Å². The third kappa shape index (κ3) is 2.75. The normalized spacial score (nSPS) is 11.9. The molecule has 0 amide bonds. The molecule has 0 saturated heterocycles. The number of ether oxygens (including phenoxy) is 1. The predicted molar refractivity (Wildman–Crippen MR) is 62.5 cm³/mol. The van der Waals surface area contributed by atoms with E-state index in [1.54, 1.807) is 7.11 Å². The third-order valence-electron chi connectivity index (χ3n) is 2.36. The molecule has 2 N–H and O–H groups in total. The van der Waals surface area contributed by atoms with E-state index in [4.69, 9.17) is 16.3 Å². The van der Waals surface area contributed by atoms with Crippen molar-refractivity contribution in [1.82, 2.24) is 0 Å². The van der Waals surface area contributed by atoms with Crippen molar-refractivity contribution in [2.75, 3.05) is 13.7 Å². The number of aliphatic hydroxyl groups excluding tert-OH is 2. The van der Waals surface area contributed by atoms with Crippen molar-refractivity contribution in [3.63, 3.8) is 0 Å². The van der Waals surface area contributed by atoms with E-state index in [1.807, 2.05) is 19.1 Å². The smallest absolute Gasteiger partial charge is 0.135 e. The summed E-state index contributed by atoms with van der Waals surface area (Å²) in [5, 5.41) is 18.2. The van der Waals surface area contributed by atoms with Crippen LogP contribution in [0.5, 0.6) is 5.75 Å². The van der Waals surface area contributed by atoms with Crippen LogP contribution in [0, 0.1) is 19.3 Å². The van der Waals surface area contributed by atoms with Gasteiger partial charge in [0.1, 0.15) is 5.75 Å². The summed E-state index contributed by atoms with van der Waals surface area (Å²) in [7, 11) is 1.56. The summed E-state index contributed by atoms with van der Waals surface area (Å²) < 4.78 is 5.19. The van der Waals surface area contributed by atoms with Gasteiger partial charge in [0.15, 0.2) is 0 Å². The second-order valence-corrected chi connectivity index (χ2v) is 3.69. The van der Waals surface area contributed by atoms with Gasteiger partial charge in [-0.2, -0.15) is 0 Å². The summed E-state index contributed by atoms with van der Waals surface area (Å²) in [4.78, 5) is 0. The number of rotatable bonds is 4. The SMILES string of the molecule is C#Cc1c(CC(O)CO)cc(C)cc1OC. The first-order chi connectivity index (χ1) is 7.62. The topological polar surface area (TPSA) is 49.7 Å². The van der Waals surface area contributed by atoms with Crippen molar-refractivity contribution in [2.45, 2.75) is 19.4 Å². The molecular weight excluding hydrogens is 204 g/mol. The van der Waals surface area contributed by atoms with Gasteiger partial charge in [-0.05, 0) is 24.1 Å². The molecule has 3 heteroatoms. The van der Waals surface area contributed by atoms with Crippen LogP contribution >= 0.6 is 0 Å². The zero-order valence-electron chi connectivity index (χ0n) is 9.53. The van der Waals surface area contributed by atoms with Crippen molar-refractivity contribution >= 4 is 0 Å². The molecule has 1 aromatic carbocycles. The first-order valence-electron chi connectivity index (χ1n) is 5.05. The number of aryl methyl sites for hydroxylation is 1. The van der Waals surface area contributed by atoms with Gasteiger partial charge in [-0.15, -0.1) is 6.42 Å². The molecule has 0 aromatic heterocycles. The van der Waals surface area contributed by atoms with E-state index in [1.165, 1.54) is 0 Å². The van der Waals surface area contributed by atoms with E-state index in [2.05, 4.69) is 5.92 Å². The molecule has 0 aliphatic heterocycles. The fourth-order valence-corrected chi connectivity index (χ4v) is 1.63. The maximum Gasteiger partial charge on any atom is 0.135 e. The Kier molecular flexibility index (Phi) is 4.36. The minimum Gasteiger partial charge on any atom is -0.495 e. The molecule has 86 valence electrons. The maximum absolute atomic E-state index is 9.43. The van der Waals surface area contributed by atoms with Crippen LogP contribution in [-0.2, 0) is 6.42 Å². The molecule has 0 spiro atoms. The quantitative estimate of drug-likeness (QED) is 0.741. The van der Waals surface area contributed by atoms with Crippen molar-refractivity contribution in [3.8, 4) is 18.1 Å². The lowest BCUT2D eigenvalue weighted by atomic mass is 9.98. The molecule has 0 bridgehead atoms. The van der Waals surface area contributed by atoms with E-state index < -0.39 is 6.10 Å². The van der Waals surface area contributed by atoms with E-state index in [0.29, 0.717) is 17.7 Å². The van der Waals surface area contributed by atoms with Gasteiger partial charge in [-0.25, -0.2) is 0 Å². The molecule has 16 heavy (non-hydrogen) atoms. The van der Waals surface area contributed by atoms with Crippen LogP contribution in [0.1, 0.15) is 16.7 Å².